The summed E-state index contributed by atoms with van der Waals surface area (Å²) in [5.41, 5.74) is 1.14. The van der Waals surface area contributed by atoms with Crippen molar-refractivity contribution in [1.29, 1.82) is 0 Å². The average Bonchev–Trinajstić information content (AvgIpc) is 2.51. The van der Waals surface area contributed by atoms with E-state index in [0.29, 0.717) is 0 Å². The third-order valence-electron chi connectivity index (χ3n) is 3.59. The van der Waals surface area contributed by atoms with E-state index in [1.54, 1.807) is 7.11 Å². The zero-order valence-corrected chi connectivity index (χ0v) is 13.6. The van der Waals surface area contributed by atoms with Crippen LogP contribution in [0.2, 0.25) is 0 Å². The molecule has 2 atom stereocenters. The van der Waals surface area contributed by atoms with Gasteiger partial charge in [-0.25, -0.2) is 0 Å². The van der Waals surface area contributed by atoms with E-state index in [2.05, 4.69) is 24.5 Å². The van der Waals surface area contributed by atoms with E-state index in [-0.39, 0.29) is 18.0 Å². The fourth-order valence-corrected chi connectivity index (χ4v) is 2.18. The first kappa shape index (κ1) is 17.5. The predicted octanol–water partition coefficient (Wildman–Crippen LogP) is 3.04. The van der Waals surface area contributed by atoms with Gasteiger partial charge in [0, 0.05) is 12.6 Å². The molecule has 4 nitrogen and oxygen atoms in total. The zero-order chi connectivity index (χ0) is 15.7. The lowest BCUT2D eigenvalue weighted by Gasteiger charge is -2.20. The maximum absolute atomic E-state index is 12.0. The highest BCUT2D eigenvalue weighted by atomic mass is 16.5. The standard InChI is InChI=1S/C17H28N2O2/c1-5-6-7-12-18-17(20)14(3)19-13(2)15-8-10-16(21-4)11-9-15/h8-11,13-14,19H,5-7,12H2,1-4H3,(H,18,20)/t13-,14?/m0/s1. The minimum atomic E-state index is -0.205. The number of rotatable bonds is 9. The Labute approximate surface area is 128 Å². The van der Waals surface area contributed by atoms with Crippen molar-refractivity contribution in [1.82, 2.24) is 10.6 Å². The molecular weight excluding hydrogens is 264 g/mol. The van der Waals surface area contributed by atoms with E-state index in [1.165, 1.54) is 0 Å². The highest BCUT2D eigenvalue weighted by molar-refractivity contribution is 5.81. The number of hydrogen-bond donors (Lipinski definition) is 2. The van der Waals surface area contributed by atoms with E-state index in [9.17, 15) is 4.79 Å². The smallest absolute Gasteiger partial charge is 0.236 e. The number of carbonyl (C=O) groups excluding carboxylic acids is 1. The van der Waals surface area contributed by atoms with Crippen LogP contribution in [0.1, 0.15) is 51.6 Å². The van der Waals surface area contributed by atoms with Crippen molar-refractivity contribution in [3.63, 3.8) is 0 Å². The summed E-state index contributed by atoms with van der Waals surface area (Å²) in [5, 5.41) is 6.29. The van der Waals surface area contributed by atoms with E-state index in [0.717, 1.165) is 37.1 Å². The highest BCUT2D eigenvalue weighted by Crippen LogP contribution is 2.17. The molecule has 0 saturated heterocycles. The summed E-state index contributed by atoms with van der Waals surface area (Å²) < 4.78 is 5.15. The minimum absolute atomic E-state index is 0.0615. The maximum Gasteiger partial charge on any atom is 0.236 e. The number of hydrogen-bond acceptors (Lipinski definition) is 3. The van der Waals surface area contributed by atoms with Gasteiger partial charge in [0.15, 0.2) is 0 Å². The molecule has 1 unspecified atom stereocenters. The monoisotopic (exact) mass is 292 g/mol. The van der Waals surface area contributed by atoms with Gasteiger partial charge in [-0.05, 0) is 38.0 Å². The fraction of sp³-hybridized carbons (Fsp3) is 0.588. The van der Waals surface area contributed by atoms with Gasteiger partial charge in [-0.15, -0.1) is 0 Å². The van der Waals surface area contributed by atoms with Crippen molar-refractivity contribution in [2.45, 2.75) is 52.1 Å². The molecule has 0 spiro atoms. The second-order valence-electron chi connectivity index (χ2n) is 5.38. The summed E-state index contributed by atoms with van der Waals surface area (Å²) in [6, 6.07) is 7.81. The molecular formula is C17H28N2O2. The van der Waals surface area contributed by atoms with E-state index in [1.807, 2.05) is 31.2 Å². The number of ether oxygens (including phenoxy) is 1. The van der Waals surface area contributed by atoms with Crippen LogP contribution in [-0.2, 0) is 4.79 Å². The Morgan fingerprint density at radius 3 is 2.43 bits per heavy atom. The maximum atomic E-state index is 12.0. The summed E-state index contributed by atoms with van der Waals surface area (Å²) >= 11 is 0. The van der Waals surface area contributed by atoms with Crippen molar-refractivity contribution >= 4 is 5.91 Å². The van der Waals surface area contributed by atoms with Crippen LogP contribution in [-0.4, -0.2) is 25.6 Å². The molecule has 1 amide bonds. The molecule has 0 radical (unpaired) electrons. The Bertz CT molecular complexity index is 417. The van der Waals surface area contributed by atoms with Gasteiger partial charge in [-0.1, -0.05) is 31.9 Å². The molecule has 1 aromatic carbocycles. The van der Waals surface area contributed by atoms with Gasteiger partial charge in [0.05, 0.1) is 13.2 Å². The zero-order valence-electron chi connectivity index (χ0n) is 13.6. The lowest BCUT2D eigenvalue weighted by molar-refractivity contribution is -0.122. The first-order chi connectivity index (χ1) is 10.1. The Morgan fingerprint density at radius 1 is 1.19 bits per heavy atom. The second-order valence-corrected chi connectivity index (χ2v) is 5.38. The number of unbranched alkanes of at least 4 members (excludes halogenated alkanes) is 2. The quantitative estimate of drug-likeness (QED) is 0.688. The number of amides is 1. The van der Waals surface area contributed by atoms with Crippen LogP contribution < -0.4 is 15.4 Å². The number of carbonyl (C=O) groups is 1. The van der Waals surface area contributed by atoms with Gasteiger partial charge < -0.3 is 10.1 Å². The Kier molecular flexibility index (Phi) is 7.83. The number of methoxy groups -OCH3 is 1. The first-order valence-electron chi connectivity index (χ1n) is 7.76. The van der Waals surface area contributed by atoms with Crippen LogP contribution in [0.4, 0.5) is 0 Å². The van der Waals surface area contributed by atoms with E-state index in [4.69, 9.17) is 4.74 Å². The molecule has 0 aliphatic rings. The molecule has 0 heterocycles. The topological polar surface area (TPSA) is 50.4 Å². The molecule has 4 heteroatoms. The van der Waals surface area contributed by atoms with Gasteiger partial charge in [-0.3, -0.25) is 10.1 Å². The normalized spacial score (nSPS) is 13.5. The van der Waals surface area contributed by atoms with Crippen LogP contribution in [0.15, 0.2) is 24.3 Å². The van der Waals surface area contributed by atoms with E-state index < -0.39 is 0 Å². The molecule has 0 fully saturated rings. The number of nitrogens with one attached hydrogen (secondary N) is 2. The van der Waals surface area contributed by atoms with Crippen LogP contribution in [0, 0.1) is 0 Å². The van der Waals surface area contributed by atoms with Gasteiger partial charge in [0.2, 0.25) is 5.91 Å². The number of benzene rings is 1. The summed E-state index contributed by atoms with van der Waals surface area (Å²) in [6.45, 7) is 6.87. The van der Waals surface area contributed by atoms with Crippen LogP contribution in [0.3, 0.4) is 0 Å². The summed E-state index contributed by atoms with van der Waals surface area (Å²) in [7, 11) is 1.65. The van der Waals surface area contributed by atoms with Crippen LogP contribution in [0.5, 0.6) is 5.75 Å². The average molecular weight is 292 g/mol. The lowest BCUT2D eigenvalue weighted by Crippen LogP contribution is -2.43. The van der Waals surface area contributed by atoms with Crippen molar-refractivity contribution in [2.75, 3.05) is 13.7 Å². The molecule has 0 saturated carbocycles. The second kappa shape index (κ2) is 9.40. The molecule has 0 aliphatic carbocycles. The lowest BCUT2D eigenvalue weighted by atomic mass is 10.1. The third-order valence-corrected chi connectivity index (χ3v) is 3.59. The van der Waals surface area contributed by atoms with E-state index >= 15 is 0 Å². The Morgan fingerprint density at radius 2 is 1.86 bits per heavy atom. The van der Waals surface area contributed by atoms with Gasteiger partial charge in [0.1, 0.15) is 5.75 Å². The van der Waals surface area contributed by atoms with Crippen molar-refractivity contribution in [3.05, 3.63) is 29.8 Å². The molecule has 2 N–H and O–H groups in total. The fourth-order valence-electron chi connectivity index (χ4n) is 2.18. The Hall–Kier alpha value is -1.55. The van der Waals surface area contributed by atoms with Crippen molar-refractivity contribution in [3.8, 4) is 5.75 Å². The highest BCUT2D eigenvalue weighted by Gasteiger charge is 2.15. The van der Waals surface area contributed by atoms with Crippen LogP contribution in [0.25, 0.3) is 0 Å². The predicted molar refractivity (Wildman–Crippen MR) is 86.5 cm³/mol. The summed E-state index contributed by atoms with van der Waals surface area (Å²) in [5.74, 6) is 0.902. The third kappa shape index (κ3) is 6.17. The SMILES string of the molecule is CCCCCNC(=O)C(C)N[C@@H](C)c1ccc(OC)cc1. The molecule has 0 aromatic heterocycles. The first-order valence-corrected chi connectivity index (χ1v) is 7.76. The largest absolute Gasteiger partial charge is 0.497 e. The minimum Gasteiger partial charge on any atom is -0.497 e. The molecule has 21 heavy (non-hydrogen) atoms. The summed E-state index contributed by atoms with van der Waals surface area (Å²) in [4.78, 5) is 12.0. The summed E-state index contributed by atoms with van der Waals surface area (Å²) in [6.07, 6.45) is 3.37. The molecule has 118 valence electrons. The Balaban J connectivity index is 2.41. The van der Waals surface area contributed by atoms with Crippen LogP contribution >= 0.6 is 0 Å². The van der Waals surface area contributed by atoms with Gasteiger partial charge >= 0.3 is 0 Å². The van der Waals surface area contributed by atoms with Gasteiger partial charge in [-0.2, -0.15) is 0 Å². The molecule has 0 aliphatic heterocycles. The van der Waals surface area contributed by atoms with Crippen molar-refractivity contribution < 1.29 is 9.53 Å². The molecule has 0 bridgehead atoms. The molecule has 1 aromatic rings. The molecule has 1 rings (SSSR count). The van der Waals surface area contributed by atoms with Gasteiger partial charge in [0.25, 0.3) is 0 Å². The van der Waals surface area contributed by atoms with Crippen molar-refractivity contribution in [2.24, 2.45) is 0 Å².